The monoisotopic (exact) mass is 268 g/mol. The van der Waals surface area contributed by atoms with E-state index in [-0.39, 0.29) is 5.91 Å². The Labute approximate surface area is 119 Å². The van der Waals surface area contributed by atoms with Crippen molar-refractivity contribution in [2.75, 3.05) is 0 Å². The van der Waals surface area contributed by atoms with Crippen LogP contribution in [-0.2, 0) is 17.8 Å². The summed E-state index contributed by atoms with van der Waals surface area (Å²) in [5.74, 6) is -0.0928. The lowest BCUT2D eigenvalue weighted by Crippen LogP contribution is -2.40. The zero-order valence-electron chi connectivity index (χ0n) is 11.5. The molecule has 104 valence electrons. The van der Waals surface area contributed by atoms with Gasteiger partial charge in [0.1, 0.15) is 0 Å². The van der Waals surface area contributed by atoms with E-state index in [1.165, 1.54) is 5.56 Å². The normalized spacial score (nSPS) is 11.8. The molecule has 0 saturated heterocycles. The van der Waals surface area contributed by atoms with Crippen molar-refractivity contribution in [3.05, 3.63) is 71.8 Å². The molecule has 0 aliphatic heterocycles. The molecule has 0 radical (unpaired) electrons. The molecule has 2 aromatic carbocycles. The van der Waals surface area contributed by atoms with E-state index in [1.807, 2.05) is 48.5 Å². The molecule has 2 aromatic rings. The number of amides is 1. The molecule has 1 atom stereocenters. The average Bonchev–Trinajstić information content (AvgIpc) is 2.52. The Morgan fingerprint density at radius 2 is 1.50 bits per heavy atom. The summed E-state index contributed by atoms with van der Waals surface area (Å²) in [4.78, 5) is 11.9. The molecule has 0 fully saturated rings. The topological polar surface area (TPSA) is 55.1 Å². The minimum absolute atomic E-state index is 0.0928. The Kier molecular flexibility index (Phi) is 5.33. The molecule has 0 saturated carbocycles. The van der Waals surface area contributed by atoms with Crippen LogP contribution in [0, 0.1) is 0 Å². The fourth-order valence-electron chi connectivity index (χ4n) is 2.01. The predicted octanol–water partition coefficient (Wildman–Crippen LogP) is 2.26. The van der Waals surface area contributed by atoms with Crippen LogP contribution in [0.2, 0.25) is 0 Å². The van der Waals surface area contributed by atoms with E-state index in [9.17, 15) is 4.79 Å². The number of carbonyl (C=O) groups excluding carboxylic acids is 1. The van der Waals surface area contributed by atoms with Crippen molar-refractivity contribution in [1.82, 2.24) is 5.32 Å². The lowest BCUT2D eigenvalue weighted by Gasteiger charge is -2.12. The molecule has 1 unspecified atom stereocenters. The van der Waals surface area contributed by atoms with E-state index < -0.39 is 6.04 Å². The van der Waals surface area contributed by atoms with E-state index in [0.717, 1.165) is 12.0 Å². The molecule has 1 amide bonds. The molecule has 0 aromatic heterocycles. The number of carbonyl (C=O) groups is 1. The second-order valence-electron chi connectivity index (χ2n) is 4.83. The first-order valence-electron chi connectivity index (χ1n) is 6.87. The van der Waals surface area contributed by atoms with Gasteiger partial charge in [0.05, 0.1) is 6.04 Å². The fraction of sp³-hybridized carbons (Fsp3) is 0.235. The zero-order valence-corrected chi connectivity index (χ0v) is 11.5. The van der Waals surface area contributed by atoms with Crippen molar-refractivity contribution in [2.24, 2.45) is 5.73 Å². The van der Waals surface area contributed by atoms with Gasteiger partial charge in [-0.3, -0.25) is 4.79 Å². The van der Waals surface area contributed by atoms with Gasteiger partial charge in [-0.25, -0.2) is 0 Å². The highest BCUT2D eigenvalue weighted by Crippen LogP contribution is 2.04. The Bertz CT molecular complexity index is 525. The number of hydrogen-bond donors (Lipinski definition) is 2. The highest BCUT2D eigenvalue weighted by Gasteiger charge is 2.12. The molecular formula is C17H20N2O. The van der Waals surface area contributed by atoms with Crippen molar-refractivity contribution >= 4 is 5.91 Å². The molecule has 2 rings (SSSR count). The third-order valence-electron chi connectivity index (χ3n) is 3.23. The molecule has 0 heterocycles. The molecule has 20 heavy (non-hydrogen) atoms. The fourth-order valence-corrected chi connectivity index (χ4v) is 2.01. The SMILES string of the molecule is NC(CCc1ccccc1)C(=O)NCc1ccccc1. The summed E-state index contributed by atoms with van der Waals surface area (Å²) in [7, 11) is 0. The van der Waals surface area contributed by atoms with Gasteiger partial charge in [0.15, 0.2) is 0 Å². The van der Waals surface area contributed by atoms with Crippen molar-refractivity contribution in [1.29, 1.82) is 0 Å². The van der Waals surface area contributed by atoms with Crippen LogP contribution in [0.1, 0.15) is 17.5 Å². The van der Waals surface area contributed by atoms with Gasteiger partial charge in [-0.15, -0.1) is 0 Å². The summed E-state index contributed by atoms with van der Waals surface area (Å²) in [5.41, 5.74) is 8.20. The first-order chi connectivity index (χ1) is 9.75. The highest BCUT2D eigenvalue weighted by molar-refractivity contribution is 5.81. The molecule has 0 spiro atoms. The number of nitrogens with one attached hydrogen (secondary N) is 1. The predicted molar refractivity (Wildman–Crippen MR) is 81.0 cm³/mol. The van der Waals surface area contributed by atoms with Gasteiger partial charge in [0.25, 0.3) is 0 Å². The number of nitrogens with two attached hydrogens (primary N) is 1. The van der Waals surface area contributed by atoms with Gasteiger partial charge in [0.2, 0.25) is 5.91 Å². The van der Waals surface area contributed by atoms with Crippen LogP contribution in [-0.4, -0.2) is 11.9 Å². The van der Waals surface area contributed by atoms with Gasteiger partial charge in [-0.1, -0.05) is 60.7 Å². The molecular weight excluding hydrogens is 248 g/mol. The zero-order chi connectivity index (χ0) is 14.2. The van der Waals surface area contributed by atoms with Gasteiger partial charge >= 0.3 is 0 Å². The second-order valence-corrected chi connectivity index (χ2v) is 4.83. The molecule has 3 nitrogen and oxygen atoms in total. The van der Waals surface area contributed by atoms with Gasteiger partial charge in [-0.2, -0.15) is 0 Å². The summed E-state index contributed by atoms with van der Waals surface area (Å²) in [6, 6.07) is 19.4. The van der Waals surface area contributed by atoms with Gasteiger partial charge in [0, 0.05) is 6.54 Å². The van der Waals surface area contributed by atoms with Crippen LogP contribution < -0.4 is 11.1 Å². The lowest BCUT2D eigenvalue weighted by atomic mass is 10.1. The minimum atomic E-state index is -0.459. The van der Waals surface area contributed by atoms with Crippen LogP contribution >= 0.6 is 0 Å². The molecule has 0 aliphatic carbocycles. The number of aryl methyl sites for hydroxylation is 1. The van der Waals surface area contributed by atoms with Crippen molar-refractivity contribution < 1.29 is 4.79 Å². The Hall–Kier alpha value is -2.13. The van der Waals surface area contributed by atoms with Crippen LogP contribution in [0.15, 0.2) is 60.7 Å². The maximum absolute atomic E-state index is 11.9. The van der Waals surface area contributed by atoms with Crippen LogP contribution in [0.4, 0.5) is 0 Å². The number of hydrogen-bond acceptors (Lipinski definition) is 2. The molecule has 0 bridgehead atoms. The van der Waals surface area contributed by atoms with Crippen LogP contribution in [0.25, 0.3) is 0 Å². The van der Waals surface area contributed by atoms with E-state index in [0.29, 0.717) is 13.0 Å². The molecule has 0 aliphatic rings. The number of benzene rings is 2. The van der Waals surface area contributed by atoms with Crippen LogP contribution in [0.3, 0.4) is 0 Å². The van der Waals surface area contributed by atoms with Crippen molar-refractivity contribution in [3.63, 3.8) is 0 Å². The van der Waals surface area contributed by atoms with Gasteiger partial charge in [-0.05, 0) is 24.0 Å². The van der Waals surface area contributed by atoms with E-state index in [4.69, 9.17) is 5.73 Å². The minimum Gasteiger partial charge on any atom is -0.351 e. The lowest BCUT2D eigenvalue weighted by molar-refractivity contribution is -0.122. The van der Waals surface area contributed by atoms with Gasteiger partial charge < -0.3 is 11.1 Å². The summed E-state index contributed by atoms with van der Waals surface area (Å²) in [6.45, 7) is 0.526. The van der Waals surface area contributed by atoms with Crippen LogP contribution in [0.5, 0.6) is 0 Å². The summed E-state index contributed by atoms with van der Waals surface area (Å²) >= 11 is 0. The van der Waals surface area contributed by atoms with E-state index >= 15 is 0 Å². The molecule has 3 heteroatoms. The van der Waals surface area contributed by atoms with Crippen molar-refractivity contribution in [3.8, 4) is 0 Å². The standard InChI is InChI=1S/C17H20N2O/c18-16(12-11-14-7-3-1-4-8-14)17(20)19-13-15-9-5-2-6-10-15/h1-10,16H,11-13,18H2,(H,19,20). The first-order valence-corrected chi connectivity index (χ1v) is 6.87. The smallest absolute Gasteiger partial charge is 0.237 e. The van der Waals surface area contributed by atoms with Crippen molar-refractivity contribution in [2.45, 2.75) is 25.4 Å². The Morgan fingerprint density at radius 1 is 0.950 bits per heavy atom. The highest BCUT2D eigenvalue weighted by atomic mass is 16.2. The maximum Gasteiger partial charge on any atom is 0.237 e. The average molecular weight is 268 g/mol. The second kappa shape index (κ2) is 7.46. The quantitative estimate of drug-likeness (QED) is 0.844. The molecule has 3 N–H and O–H groups in total. The summed E-state index contributed by atoms with van der Waals surface area (Å²) in [6.07, 6.45) is 1.48. The summed E-state index contributed by atoms with van der Waals surface area (Å²) < 4.78 is 0. The van der Waals surface area contributed by atoms with E-state index in [1.54, 1.807) is 0 Å². The third-order valence-corrected chi connectivity index (χ3v) is 3.23. The first kappa shape index (κ1) is 14.3. The van der Waals surface area contributed by atoms with E-state index in [2.05, 4.69) is 17.4 Å². The Morgan fingerprint density at radius 3 is 2.10 bits per heavy atom. The third kappa shape index (κ3) is 4.52. The maximum atomic E-state index is 11.9. The largest absolute Gasteiger partial charge is 0.351 e. The summed E-state index contributed by atoms with van der Waals surface area (Å²) in [5, 5.41) is 2.87. The Balaban J connectivity index is 1.75. The number of rotatable bonds is 6.